The fourth-order valence-corrected chi connectivity index (χ4v) is 8.41. The normalized spacial score (nSPS) is 27.1. The summed E-state index contributed by atoms with van der Waals surface area (Å²) in [5, 5.41) is 13.1. The zero-order valence-electron chi connectivity index (χ0n) is 20.0. The van der Waals surface area contributed by atoms with Gasteiger partial charge < -0.3 is 15.2 Å². The van der Waals surface area contributed by atoms with Crippen molar-refractivity contribution in [3.8, 4) is 0 Å². The van der Waals surface area contributed by atoms with Gasteiger partial charge in [-0.2, -0.15) is 0 Å². The predicted molar refractivity (Wildman–Crippen MR) is 128 cm³/mol. The molecular formula is C25H25ClF3NO6S. The maximum Gasteiger partial charge on any atom is 0.302 e. The highest BCUT2D eigenvalue weighted by Gasteiger charge is 2.62. The second-order valence-electron chi connectivity index (χ2n) is 9.92. The number of rotatable bonds is 6. The Balaban J connectivity index is 1.64. The second kappa shape index (κ2) is 9.59. The minimum atomic E-state index is -4.16. The lowest BCUT2D eigenvalue weighted by Gasteiger charge is -2.47. The number of ether oxygens (including phenoxy) is 1. The Morgan fingerprint density at radius 1 is 1.11 bits per heavy atom. The molecule has 4 rings (SSSR count). The van der Waals surface area contributed by atoms with Crippen LogP contribution >= 0.6 is 11.6 Å². The van der Waals surface area contributed by atoms with E-state index in [1.807, 2.05) is 0 Å². The highest BCUT2D eigenvalue weighted by Crippen LogP contribution is 2.58. The number of amides is 1. The van der Waals surface area contributed by atoms with Crippen molar-refractivity contribution in [1.82, 2.24) is 0 Å². The van der Waals surface area contributed by atoms with E-state index >= 15 is 0 Å². The first-order valence-corrected chi connectivity index (χ1v) is 13.4. The van der Waals surface area contributed by atoms with E-state index < -0.39 is 61.3 Å². The number of hydrogen-bond donors (Lipinski definition) is 2. The van der Waals surface area contributed by atoms with E-state index in [-0.39, 0.29) is 40.6 Å². The number of esters is 1. The third kappa shape index (κ3) is 4.84. The number of sulfone groups is 1. The van der Waals surface area contributed by atoms with E-state index in [1.165, 1.54) is 19.1 Å². The van der Waals surface area contributed by atoms with E-state index in [4.69, 9.17) is 16.3 Å². The summed E-state index contributed by atoms with van der Waals surface area (Å²) >= 11 is 6.28. The molecule has 37 heavy (non-hydrogen) atoms. The molecule has 0 saturated heterocycles. The molecule has 0 radical (unpaired) electrons. The van der Waals surface area contributed by atoms with Gasteiger partial charge in [0.25, 0.3) is 5.91 Å². The first-order chi connectivity index (χ1) is 17.2. The smallest absolute Gasteiger partial charge is 0.302 e. The van der Waals surface area contributed by atoms with Crippen LogP contribution in [0.5, 0.6) is 0 Å². The van der Waals surface area contributed by atoms with Crippen LogP contribution in [0.2, 0.25) is 5.02 Å². The molecule has 2 atom stereocenters. The minimum absolute atomic E-state index is 0.103. The van der Waals surface area contributed by atoms with Gasteiger partial charge in [-0.15, -0.1) is 0 Å². The Morgan fingerprint density at radius 3 is 2.22 bits per heavy atom. The summed E-state index contributed by atoms with van der Waals surface area (Å²) in [6, 6.07) is 4.78. The largest absolute Gasteiger partial charge is 0.463 e. The minimum Gasteiger partial charge on any atom is -0.463 e. The van der Waals surface area contributed by atoms with E-state index in [1.54, 1.807) is 6.92 Å². The van der Waals surface area contributed by atoms with Crippen LogP contribution in [0, 0.1) is 29.3 Å². The lowest BCUT2D eigenvalue weighted by Crippen LogP contribution is -2.55. The summed E-state index contributed by atoms with van der Waals surface area (Å²) in [7, 11) is -4.16. The van der Waals surface area contributed by atoms with Gasteiger partial charge in [0.15, 0.2) is 27.3 Å². The van der Waals surface area contributed by atoms with Gasteiger partial charge in [0.05, 0.1) is 20.3 Å². The van der Waals surface area contributed by atoms with Crippen molar-refractivity contribution in [2.75, 3.05) is 11.9 Å². The van der Waals surface area contributed by atoms with Crippen LogP contribution in [0.15, 0.2) is 35.2 Å². The molecule has 0 spiro atoms. The average Bonchev–Trinajstić information content (AvgIpc) is 3.00. The Hall–Kier alpha value is -2.63. The predicted octanol–water partition coefficient (Wildman–Crippen LogP) is 4.66. The van der Waals surface area contributed by atoms with E-state index in [0.717, 1.165) is 6.07 Å². The molecule has 2 unspecified atom stereocenters. The zero-order valence-corrected chi connectivity index (χ0v) is 21.6. The number of hydrogen-bond acceptors (Lipinski definition) is 6. The summed E-state index contributed by atoms with van der Waals surface area (Å²) in [5.41, 5.74) is -1.85. The first-order valence-electron chi connectivity index (χ1n) is 11.5. The van der Waals surface area contributed by atoms with E-state index in [9.17, 15) is 36.3 Å². The second-order valence-corrected chi connectivity index (χ2v) is 12.7. The topological polar surface area (TPSA) is 110 Å². The molecule has 0 heterocycles. The quantitative estimate of drug-likeness (QED) is 0.394. The average molecular weight is 560 g/mol. The molecule has 12 heteroatoms. The molecule has 2 fully saturated rings. The number of aliphatic hydroxyl groups is 1. The molecule has 1 amide bonds. The Morgan fingerprint density at radius 2 is 1.68 bits per heavy atom. The van der Waals surface area contributed by atoms with Gasteiger partial charge in [0, 0.05) is 30.3 Å². The van der Waals surface area contributed by atoms with Crippen molar-refractivity contribution in [2.24, 2.45) is 11.8 Å². The Kier molecular flexibility index (Phi) is 7.11. The van der Waals surface area contributed by atoms with Crippen molar-refractivity contribution in [2.45, 2.75) is 54.8 Å². The van der Waals surface area contributed by atoms with Gasteiger partial charge in [-0.25, -0.2) is 21.6 Å². The summed E-state index contributed by atoms with van der Waals surface area (Å²) in [6.07, 6.45) is 1.27. The number of nitrogens with one attached hydrogen (secondary N) is 1. The third-order valence-electron chi connectivity index (χ3n) is 7.59. The molecule has 2 aromatic rings. The molecule has 2 bridgehead atoms. The summed E-state index contributed by atoms with van der Waals surface area (Å²) < 4.78 is 72.0. The fraction of sp³-hybridized carbons (Fsp3) is 0.440. The van der Waals surface area contributed by atoms with Crippen LogP contribution < -0.4 is 5.32 Å². The van der Waals surface area contributed by atoms with Crippen LogP contribution in [0.4, 0.5) is 18.9 Å². The van der Waals surface area contributed by atoms with Gasteiger partial charge in [-0.05, 0) is 62.6 Å². The highest BCUT2D eigenvalue weighted by molar-refractivity contribution is 7.93. The molecule has 0 aliphatic heterocycles. The molecule has 0 aromatic heterocycles. The van der Waals surface area contributed by atoms with Gasteiger partial charge in [0.2, 0.25) is 0 Å². The maximum atomic E-state index is 14.0. The molecule has 2 aliphatic rings. The SMILES string of the molecule is CC(=O)OCC1(O)CC2CCC(C1)C2(C)S(=O)(=O)c1cc(C(=O)Nc2cc(F)c(F)c(F)c2)ccc1Cl. The van der Waals surface area contributed by atoms with Crippen LogP contribution in [-0.2, 0) is 19.4 Å². The van der Waals surface area contributed by atoms with Crippen LogP contribution in [0.1, 0.15) is 49.9 Å². The molecule has 2 saturated carbocycles. The van der Waals surface area contributed by atoms with Gasteiger partial charge in [0.1, 0.15) is 6.61 Å². The standard InChI is InChI=1S/C25H25ClF3NO6S/c1-13(31)36-12-25(33)10-15-4-5-16(11-25)24(15,2)37(34,35)21-7-14(3-6-18(21)26)23(32)30-17-8-19(27)22(29)20(28)9-17/h3,6-9,15-16,33H,4-5,10-12H2,1-2H3,(H,30,32). The third-order valence-corrected chi connectivity index (χ3v) is 10.8. The maximum absolute atomic E-state index is 14.0. The summed E-state index contributed by atoms with van der Waals surface area (Å²) in [6.45, 7) is 2.60. The number of anilines is 1. The van der Waals surface area contributed by atoms with Crippen molar-refractivity contribution in [3.05, 3.63) is 58.4 Å². The lowest BCUT2D eigenvalue weighted by molar-refractivity contribution is -0.153. The molecule has 200 valence electrons. The molecule has 7 nitrogen and oxygen atoms in total. The Bertz CT molecular complexity index is 1350. The van der Waals surface area contributed by atoms with Gasteiger partial charge >= 0.3 is 5.97 Å². The number of carbonyl (C=O) groups excluding carboxylic acids is 2. The van der Waals surface area contributed by atoms with Crippen molar-refractivity contribution >= 4 is 39.0 Å². The van der Waals surface area contributed by atoms with Crippen LogP contribution in [-0.4, -0.2) is 42.4 Å². The Labute approximate surface area is 216 Å². The van der Waals surface area contributed by atoms with Crippen molar-refractivity contribution in [1.29, 1.82) is 0 Å². The van der Waals surface area contributed by atoms with E-state index in [2.05, 4.69) is 5.32 Å². The number of fused-ring (bicyclic) bond motifs is 2. The fourth-order valence-electron chi connectivity index (χ4n) is 5.63. The van der Waals surface area contributed by atoms with Gasteiger partial charge in [-0.1, -0.05) is 11.6 Å². The lowest BCUT2D eigenvalue weighted by atomic mass is 9.71. The van der Waals surface area contributed by atoms with Crippen LogP contribution in [0.3, 0.4) is 0 Å². The van der Waals surface area contributed by atoms with Crippen molar-refractivity contribution in [3.63, 3.8) is 0 Å². The first kappa shape index (κ1) is 27.4. The highest BCUT2D eigenvalue weighted by atomic mass is 35.5. The monoisotopic (exact) mass is 559 g/mol. The number of benzene rings is 2. The molecule has 2 N–H and O–H groups in total. The molecule has 2 aromatic carbocycles. The number of halogens is 4. The molecular weight excluding hydrogens is 535 g/mol. The molecule has 2 aliphatic carbocycles. The van der Waals surface area contributed by atoms with Crippen molar-refractivity contribution < 1.29 is 41.0 Å². The van der Waals surface area contributed by atoms with Crippen LogP contribution in [0.25, 0.3) is 0 Å². The van der Waals surface area contributed by atoms with Gasteiger partial charge in [-0.3, -0.25) is 9.59 Å². The summed E-state index contributed by atoms with van der Waals surface area (Å²) in [4.78, 5) is 23.7. The summed E-state index contributed by atoms with van der Waals surface area (Å²) in [5.74, 6) is -7.03. The zero-order chi connectivity index (χ0) is 27.3. The van der Waals surface area contributed by atoms with E-state index in [0.29, 0.717) is 25.0 Å². The number of carbonyl (C=O) groups is 2.